The van der Waals surface area contributed by atoms with E-state index in [0.29, 0.717) is 11.4 Å². The molecule has 1 N–H and O–H groups in total. The standard InChI is InChI=1S/C12H12F3NO2/c1-8(7-11(17)18-2)16-10-5-3-9(4-6-10)12(13,14)15/h3-7,16H,1-2H3/b8-7-. The molecule has 1 aromatic rings. The number of hydrogen-bond acceptors (Lipinski definition) is 3. The van der Waals surface area contributed by atoms with E-state index in [1.54, 1.807) is 6.92 Å². The lowest BCUT2D eigenvalue weighted by Gasteiger charge is -2.09. The summed E-state index contributed by atoms with van der Waals surface area (Å²) >= 11 is 0. The molecule has 6 heteroatoms. The number of rotatable bonds is 3. The van der Waals surface area contributed by atoms with E-state index in [1.807, 2.05) is 0 Å². The van der Waals surface area contributed by atoms with Gasteiger partial charge in [-0.05, 0) is 31.2 Å². The van der Waals surface area contributed by atoms with Gasteiger partial charge < -0.3 is 10.1 Å². The van der Waals surface area contributed by atoms with Gasteiger partial charge in [0.2, 0.25) is 0 Å². The van der Waals surface area contributed by atoms with Crippen molar-refractivity contribution in [3.63, 3.8) is 0 Å². The Morgan fingerprint density at radius 3 is 2.28 bits per heavy atom. The third-order valence-electron chi connectivity index (χ3n) is 2.09. The van der Waals surface area contributed by atoms with Crippen LogP contribution in [0.15, 0.2) is 36.0 Å². The molecule has 0 saturated carbocycles. The number of esters is 1. The van der Waals surface area contributed by atoms with Crippen LogP contribution in [0.1, 0.15) is 12.5 Å². The second-order valence-corrected chi connectivity index (χ2v) is 3.55. The second-order valence-electron chi connectivity index (χ2n) is 3.55. The minimum absolute atomic E-state index is 0.459. The zero-order chi connectivity index (χ0) is 13.8. The molecule has 0 aliphatic heterocycles. The molecular weight excluding hydrogens is 247 g/mol. The second kappa shape index (κ2) is 5.57. The largest absolute Gasteiger partial charge is 0.466 e. The lowest BCUT2D eigenvalue weighted by Crippen LogP contribution is -2.05. The van der Waals surface area contributed by atoms with Gasteiger partial charge in [0, 0.05) is 17.5 Å². The van der Waals surface area contributed by atoms with Crippen LogP contribution in [-0.4, -0.2) is 13.1 Å². The molecule has 0 aromatic heterocycles. The maximum absolute atomic E-state index is 12.3. The van der Waals surface area contributed by atoms with Crippen LogP contribution in [0.2, 0.25) is 0 Å². The number of anilines is 1. The Balaban J connectivity index is 2.76. The Morgan fingerprint density at radius 2 is 1.83 bits per heavy atom. The van der Waals surface area contributed by atoms with E-state index in [2.05, 4.69) is 10.1 Å². The van der Waals surface area contributed by atoms with Crippen molar-refractivity contribution in [2.45, 2.75) is 13.1 Å². The van der Waals surface area contributed by atoms with Crippen molar-refractivity contribution in [2.24, 2.45) is 0 Å². The van der Waals surface area contributed by atoms with E-state index >= 15 is 0 Å². The minimum Gasteiger partial charge on any atom is -0.466 e. The van der Waals surface area contributed by atoms with E-state index in [0.717, 1.165) is 12.1 Å². The first kappa shape index (κ1) is 14.1. The number of carbonyl (C=O) groups excluding carboxylic acids is 1. The first-order valence-electron chi connectivity index (χ1n) is 5.03. The summed E-state index contributed by atoms with van der Waals surface area (Å²) < 4.78 is 41.3. The number of ether oxygens (including phenoxy) is 1. The number of alkyl halides is 3. The molecule has 1 rings (SSSR count). The average molecular weight is 259 g/mol. The number of allylic oxidation sites excluding steroid dienone is 1. The van der Waals surface area contributed by atoms with Crippen molar-refractivity contribution >= 4 is 11.7 Å². The van der Waals surface area contributed by atoms with Crippen molar-refractivity contribution in [1.82, 2.24) is 0 Å². The summed E-state index contributed by atoms with van der Waals surface area (Å²) in [5.41, 5.74) is 0.213. The van der Waals surface area contributed by atoms with E-state index in [-0.39, 0.29) is 0 Å². The van der Waals surface area contributed by atoms with Gasteiger partial charge in [0.15, 0.2) is 0 Å². The fourth-order valence-corrected chi connectivity index (χ4v) is 1.24. The smallest absolute Gasteiger partial charge is 0.416 e. The number of carbonyl (C=O) groups is 1. The van der Waals surface area contributed by atoms with Gasteiger partial charge in [0.1, 0.15) is 0 Å². The fraction of sp³-hybridized carbons (Fsp3) is 0.250. The van der Waals surface area contributed by atoms with Crippen molar-refractivity contribution < 1.29 is 22.7 Å². The highest BCUT2D eigenvalue weighted by Gasteiger charge is 2.29. The van der Waals surface area contributed by atoms with Gasteiger partial charge in [0.05, 0.1) is 12.7 Å². The Hall–Kier alpha value is -1.98. The van der Waals surface area contributed by atoms with E-state index in [9.17, 15) is 18.0 Å². The van der Waals surface area contributed by atoms with Crippen molar-refractivity contribution in [2.75, 3.05) is 12.4 Å². The van der Waals surface area contributed by atoms with Crippen LogP contribution < -0.4 is 5.32 Å². The first-order chi connectivity index (χ1) is 8.32. The Kier molecular flexibility index (Phi) is 4.36. The number of nitrogens with one attached hydrogen (secondary N) is 1. The molecule has 0 aliphatic carbocycles. The number of halogens is 3. The van der Waals surface area contributed by atoms with Crippen LogP contribution >= 0.6 is 0 Å². The summed E-state index contributed by atoms with van der Waals surface area (Å²) in [5.74, 6) is -0.535. The monoisotopic (exact) mass is 259 g/mol. The molecule has 0 aliphatic rings. The molecule has 0 atom stereocenters. The van der Waals surface area contributed by atoms with Gasteiger partial charge in [-0.1, -0.05) is 0 Å². The van der Waals surface area contributed by atoms with Crippen molar-refractivity contribution in [3.05, 3.63) is 41.6 Å². The summed E-state index contributed by atoms with van der Waals surface area (Å²) in [4.78, 5) is 10.9. The Labute approximate surface area is 102 Å². The van der Waals surface area contributed by atoms with Crippen LogP contribution in [0.25, 0.3) is 0 Å². The highest BCUT2D eigenvalue weighted by molar-refractivity contribution is 5.83. The number of benzene rings is 1. The molecule has 0 heterocycles. The third kappa shape index (κ3) is 4.12. The summed E-state index contributed by atoms with van der Waals surface area (Å²) in [5, 5.41) is 2.78. The maximum atomic E-state index is 12.3. The molecule has 18 heavy (non-hydrogen) atoms. The highest BCUT2D eigenvalue weighted by Crippen LogP contribution is 2.29. The van der Waals surface area contributed by atoms with Crippen LogP contribution in [-0.2, 0) is 15.7 Å². The quantitative estimate of drug-likeness (QED) is 0.669. The van der Waals surface area contributed by atoms with Crippen molar-refractivity contribution in [1.29, 1.82) is 0 Å². The number of hydrogen-bond donors (Lipinski definition) is 1. The molecular formula is C12H12F3NO2. The number of methoxy groups -OCH3 is 1. The molecule has 1 aromatic carbocycles. The molecule has 98 valence electrons. The molecule has 0 unspecified atom stereocenters. The van der Waals surface area contributed by atoms with E-state index in [4.69, 9.17) is 0 Å². The van der Waals surface area contributed by atoms with Crippen LogP contribution in [0.3, 0.4) is 0 Å². The summed E-state index contributed by atoms with van der Waals surface area (Å²) in [6, 6.07) is 4.51. The van der Waals surface area contributed by atoms with E-state index < -0.39 is 17.7 Å². The molecule has 0 bridgehead atoms. The SMILES string of the molecule is COC(=O)/C=C(/C)Nc1ccc(C(F)(F)F)cc1. The molecule has 0 radical (unpaired) electrons. The van der Waals surface area contributed by atoms with Gasteiger partial charge in [-0.15, -0.1) is 0 Å². The summed E-state index contributed by atoms with van der Waals surface area (Å²) in [7, 11) is 1.24. The molecule has 0 saturated heterocycles. The minimum atomic E-state index is -4.35. The van der Waals surface area contributed by atoms with Gasteiger partial charge in [-0.2, -0.15) is 13.2 Å². The lowest BCUT2D eigenvalue weighted by molar-refractivity contribution is -0.137. The Bertz CT molecular complexity index is 449. The van der Waals surface area contributed by atoms with E-state index in [1.165, 1.54) is 25.3 Å². The first-order valence-corrected chi connectivity index (χ1v) is 5.03. The predicted octanol–water partition coefficient (Wildman–Crippen LogP) is 3.19. The molecule has 0 spiro atoms. The van der Waals surface area contributed by atoms with Crippen LogP contribution in [0.4, 0.5) is 18.9 Å². The maximum Gasteiger partial charge on any atom is 0.416 e. The highest BCUT2D eigenvalue weighted by atomic mass is 19.4. The summed E-state index contributed by atoms with van der Waals surface area (Å²) in [6.45, 7) is 1.61. The topological polar surface area (TPSA) is 38.3 Å². The predicted molar refractivity (Wildman–Crippen MR) is 60.8 cm³/mol. The van der Waals surface area contributed by atoms with Gasteiger partial charge >= 0.3 is 12.1 Å². The lowest BCUT2D eigenvalue weighted by atomic mass is 10.2. The fourth-order valence-electron chi connectivity index (χ4n) is 1.24. The third-order valence-corrected chi connectivity index (χ3v) is 2.09. The zero-order valence-corrected chi connectivity index (χ0v) is 9.84. The molecule has 0 fully saturated rings. The molecule has 3 nitrogen and oxygen atoms in total. The molecule has 0 amide bonds. The van der Waals surface area contributed by atoms with Crippen LogP contribution in [0, 0.1) is 0 Å². The summed E-state index contributed by atoms with van der Waals surface area (Å²) in [6.07, 6.45) is -3.15. The van der Waals surface area contributed by atoms with Gasteiger partial charge in [-0.25, -0.2) is 4.79 Å². The zero-order valence-electron chi connectivity index (χ0n) is 9.84. The van der Waals surface area contributed by atoms with Crippen LogP contribution in [0.5, 0.6) is 0 Å². The van der Waals surface area contributed by atoms with Gasteiger partial charge in [-0.3, -0.25) is 0 Å². The average Bonchev–Trinajstić information content (AvgIpc) is 2.28. The van der Waals surface area contributed by atoms with Crippen molar-refractivity contribution in [3.8, 4) is 0 Å². The normalized spacial score (nSPS) is 12.2. The van der Waals surface area contributed by atoms with Gasteiger partial charge in [0.25, 0.3) is 0 Å². The Morgan fingerprint density at radius 1 is 1.28 bits per heavy atom.